The summed E-state index contributed by atoms with van der Waals surface area (Å²) in [5.74, 6) is 1.32. The van der Waals surface area contributed by atoms with E-state index in [1.165, 1.54) is 30.0 Å². The fourth-order valence-corrected chi connectivity index (χ4v) is 3.80. The average Bonchev–Trinajstić information content (AvgIpc) is 2.76. The Balaban J connectivity index is 1.69. The Morgan fingerprint density at radius 3 is 2.27 bits per heavy atom. The van der Waals surface area contributed by atoms with E-state index in [1.807, 2.05) is 31.2 Å². The van der Waals surface area contributed by atoms with Crippen molar-refractivity contribution in [1.82, 2.24) is 14.5 Å². The molecular formula is C21H23N3O5S. The van der Waals surface area contributed by atoms with Crippen LogP contribution in [-0.2, 0) is 16.6 Å². The SMILES string of the molecule is CCOc1ccc(-c2ccc(=O)n(CCNS(=O)(=O)c3ccc(OC)cc3)n2)cc1. The molecule has 0 saturated heterocycles. The van der Waals surface area contributed by atoms with Crippen molar-refractivity contribution in [2.75, 3.05) is 20.3 Å². The molecule has 0 amide bonds. The van der Waals surface area contributed by atoms with Crippen LogP contribution in [0.4, 0.5) is 0 Å². The van der Waals surface area contributed by atoms with Crippen LogP contribution in [0.5, 0.6) is 11.5 Å². The van der Waals surface area contributed by atoms with E-state index in [9.17, 15) is 13.2 Å². The molecule has 0 aliphatic carbocycles. The normalized spacial score (nSPS) is 11.3. The topological polar surface area (TPSA) is 99.5 Å². The number of rotatable bonds is 9. The van der Waals surface area contributed by atoms with Gasteiger partial charge in [-0.05, 0) is 61.5 Å². The molecule has 0 unspecified atom stereocenters. The van der Waals surface area contributed by atoms with Crippen LogP contribution in [-0.4, -0.2) is 38.5 Å². The van der Waals surface area contributed by atoms with Gasteiger partial charge < -0.3 is 9.47 Å². The van der Waals surface area contributed by atoms with Crippen LogP contribution in [0.3, 0.4) is 0 Å². The highest BCUT2D eigenvalue weighted by Gasteiger charge is 2.14. The van der Waals surface area contributed by atoms with Crippen molar-refractivity contribution in [3.8, 4) is 22.8 Å². The van der Waals surface area contributed by atoms with Crippen molar-refractivity contribution in [2.45, 2.75) is 18.4 Å². The van der Waals surface area contributed by atoms with Gasteiger partial charge in [0.2, 0.25) is 10.0 Å². The monoisotopic (exact) mass is 429 g/mol. The molecule has 3 rings (SSSR count). The standard InChI is InChI=1S/C21H23N3O5S/c1-3-29-18-6-4-16(5-7-18)20-12-13-21(25)24(23-20)15-14-22-30(26,27)19-10-8-17(28-2)9-11-19/h4-13,22H,3,14-15H2,1-2H3. The lowest BCUT2D eigenvalue weighted by Crippen LogP contribution is -2.32. The second-order valence-electron chi connectivity index (χ2n) is 6.31. The molecule has 1 aromatic heterocycles. The molecule has 1 heterocycles. The van der Waals surface area contributed by atoms with E-state index < -0.39 is 10.0 Å². The number of hydrogen-bond acceptors (Lipinski definition) is 6. The fraction of sp³-hybridized carbons (Fsp3) is 0.238. The molecule has 0 aliphatic heterocycles. The fourth-order valence-electron chi connectivity index (χ4n) is 2.78. The van der Waals surface area contributed by atoms with Gasteiger partial charge in [0.25, 0.3) is 5.56 Å². The van der Waals surface area contributed by atoms with E-state index in [0.717, 1.165) is 11.3 Å². The highest BCUT2D eigenvalue weighted by atomic mass is 32.2. The third kappa shape index (κ3) is 5.25. The molecular weight excluding hydrogens is 406 g/mol. The van der Waals surface area contributed by atoms with Crippen LogP contribution in [0.25, 0.3) is 11.3 Å². The van der Waals surface area contributed by atoms with Gasteiger partial charge >= 0.3 is 0 Å². The molecule has 0 spiro atoms. The Hall–Kier alpha value is -3.17. The van der Waals surface area contributed by atoms with Crippen LogP contribution >= 0.6 is 0 Å². The van der Waals surface area contributed by atoms with E-state index in [0.29, 0.717) is 18.1 Å². The summed E-state index contributed by atoms with van der Waals surface area (Å²) in [6, 6.07) is 16.5. The molecule has 2 aromatic carbocycles. The molecule has 3 aromatic rings. The Bertz CT molecular complexity index is 1140. The minimum Gasteiger partial charge on any atom is -0.497 e. The first-order valence-corrected chi connectivity index (χ1v) is 10.9. The molecule has 0 bridgehead atoms. The van der Waals surface area contributed by atoms with E-state index in [4.69, 9.17) is 9.47 Å². The zero-order valence-corrected chi connectivity index (χ0v) is 17.6. The van der Waals surface area contributed by atoms with Crippen molar-refractivity contribution in [3.05, 3.63) is 71.0 Å². The van der Waals surface area contributed by atoms with Gasteiger partial charge in [0.05, 0.1) is 30.9 Å². The summed E-state index contributed by atoms with van der Waals surface area (Å²) in [6.45, 7) is 2.61. The molecule has 30 heavy (non-hydrogen) atoms. The number of benzene rings is 2. The van der Waals surface area contributed by atoms with Crippen molar-refractivity contribution < 1.29 is 17.9 Å². The van der Waals surface area contributed by atoms with Crippen molar-refractivity contribution in [2.24, 2.45) is 0 Å². The van der Waals surface area contributed by atoms with Crippen LogP contribution in [0.1, 0.15) is 6.92 Å². The number of nitrogens with one attached hydrogen (secondary N) is 1. The number of nitrogens with zero attached hydrogens (tertiary/aromatic N) is 2. The quantitative estimate of drug-likeness (QED) is 0.560. The number of methoxy groups -OCH3 is 1. The van der Waals surface area contributed by atoms with Crippen molar-refractivity contribution in [1.29, 1.82) is 0 Å². The lowest BCUT2D eigenvalue weighted by Gasteiger charge is -2.10. The Morgan fingerprint density at radius 2 is 1.63 bits per heavy atom. The summed E-state index contributed by atoms with van der Waals surface area (Å²) in [5.41, 5.74) is 1.12. The lowest BCUT2D eigenvalue weighted by atomic mass is 10.1. The van der Waals surface area contributed by atoms with Crippen LogP contribution in [0.2, 0.25) is 0 Å². The van der Waals surface area contributed by atoms with Crippen LogP contribution < -0.4 is 19.8 Å². The van der Waals surface area contributed by atoms with Gasteiger partial charge in [0.15, 0.2) is 0 Å². The lowest BCUT2D eigenvalue weighted by molar-refractivity contribution is 0.340. The van der Waals surface area contributed by atoms with Gasteiger partial charge in [-0.1, -0.05) is 0 Å². The third-order valence-electron chi connectivity index (χ3n) is 4.31. The van der Waals surface area contributed by atoms with Crippen molar-refractivity contribution in [3.63, 3.8) is 0 Å². The highest BCUT2D eigenvalue weighted by Crippen LogP contribution is 2.20. The molecule has 158 valence electrons. The Labute approximate surface area is 175 Å². The second-order valence-corrected chi connectivity index (χ2v) is 8.08. The van der Waals surface area contributed by atoms with E-state index in [1.54, 1.807) is 18.2 Å². The summed E-state index contributed by atoms with van der Waals surface area (Å²) in [6.07, 6.45) is 0. The number of sulfonamides is 1. The second kappa shape index (κ2) is 9.55. The predicted octanol–water partition coefficient (Wildman–Crippen LogP) is 2.30. The van der Waals surface area contributed by atoms with E-state index in [-0.39, 0.29) is 23.5 Å². The van der Waals surface area contributed by atoms with Gasteiger partial charge in [-0.15, -0.1) is 0 Å². The summed E-state index contributed by atoms with van der Waals surface area (Å²) in [5, 5.41) is 4.35. The molecule has 0 radical (unpaired) electrons. The van der Waals surface area contributed by atoms with Crippen molar-refractivity contribution >= 4 is 10.0 Å². The molecule has 8 nitrogen and oxygen atoms in total. The smallest absolute Gasteiger partial charge is 0.266 e. The maximum atomic E-state index is 12.4. The number of ether oxygens (including phenoxy) is 2. The average molecular weight is 429 g/mol. The summed E-state index contributed by atoms with van der Waals surface area (Å²) < 4.78 is 39.0. The van der Waals surface area contributed by atoms with Gasteiger partial charge in [-0.25, -0.2) is 17.8 Å². The van der Waals surface area contributed by atoms with Gasteiger partial charge in [0, 0.05) is 18.2 Å². The zero-order valence-electron chi connectivity index (χ0n) is 16.7. The molecule has 0 fully saturated rings. The maximum Gasteiger partial charge on any atom is 0.266 e. The largest absolute Gasteiger partial charge is 0.497 e. The first-order chi connectivity index (χ1) is 14.4. The summed E-state index contributed by atoms with van der Waals surface area (Å²) >= 11 is 0. The first-order valence-electron chi connectivity index (χ1n) is 9.38. The van der Waals surface area contributed by atoms with Crippen LogP contribution in [0.15, 0.2) is 70.4 Å². The summed E-state index contributed by atoms with van der Waals surface area (Å²) in [7, 11) is -2.20. The molecule has 9 heteroatoms. The first kappa shape index (κ1) is 21.5. The minimum absolute atomic E-state index is 0.0218. The van der Waals surface area contributed by atoms with Gasteiger partial charge in [-0.2, -0.15) is 5.10 Å². The molecule has 0 saturated carbocycles. The molecule has 0 atom stereocenters. The number of hydrogen-bond donors (Lipinski definition) is 1. The number of aromatic nitrogens is 2. The predicted molar refractivity (Wildman–Crippen MR) is 113 cm³/mol. The van der Waals surface area contributed by atoms with Gasteiger partial charge in [0.1, 0.15) is 11.5 Å². The minimum atomic E-state index is -3.70. The highest BCUT2D eigenvalue weighted by molar-refractivity contribution is 7.89. The van der Waals surface area contributed by atoms with Gasteiger partial charge in [-0.3, -0.25) is 4.79 Å². The Kier molecular flexibility index (Phi) is 6.86. The zero-order chi connectivity index (χ0) is 21.6. The van der Waals surface area contributed by atoms with E-state index in [2.05, 4.69) is 9.82 Å². The van der Waals surface area contributed by atoms with E-state index >= 15 is 0 Å². The molecule has 0 aliphatic rings. The molecule has 1 N–H and O–H groups in total. The third-order valence-corrected chi connectivity index (χ3v) is 5.79. The van der Waals surface area contributed by atoms with Crippen LogP contribution in [0, 0.1) is 0 Å². The summed E-state index contributed by atoms with van der Waals surface area (Å²) in [4.78, 5) is 12.2. The Morgan fingerprint density at radius 1 is 0.967 bits per heavy atom. The maximum absolute atomic E-state index is 12.4.